The number of nitrogens with one attached hydrogen (secondary N) is 1. The number of carbonyl (C=O) groups is 1. The number of hydrogen-bond acceptors (Lipinski definition) is 6. The van der Waals surface area contributed by atoms with E-state index in [9.17, 15) is 4.79 Å². The molecule has 0 aliphatic carbocycles. The first-order chi connectivity index (χ1) is 14.0. The van der Waals surface area contributed by atoms with Crippen LogP contribution in [-0.2, 0) is 11.2 Å². The van der Waals surface area contributed by atoms with Gasteiger partial charge >= 0.3 is 0 Å². The minimum Gasteiger partial charge on any atom is -0.493 e. The summed E-state index contributed by atoms with van der Waals surface area (Å²) in [4.78, 5) is 17.0. The zero-order valence-electron chi connectivity index (χ0n) is 16.9. The fourth-order valence-corrected chi connectivity index (χ4v) is 3.64. The highest BCUT2D eigenvalue weighted by atomic mass is 32.1. The summed E-state index contributed by atoms with van der Waals surface area (Å²) < 4.78 is 16.1. The van der Waals surface area contributed by atoms with Gasteiger partial charge in [-0.2, -0.15) is 0 Å². The van der Waals surface area contributed by atoms with Crippen molar-refractivity contribution in [1.82, 2.24) is 4.98 Å². The first-order valence-corrected chi connectivity index (χ1v) is 10.0. The summed E-state index contributed by atoms with van der Waals surface area (Å²) in [6, 6.07) is 11.4. The van der Waals surface area contributed by atoms with Crippen LogP contribution in [0.3, 0.4) is 0 Å². The topological polar surface area (TPSA) is 69.7 Å². The molecule has 1 aromatic heterocycles. The predicted molar refractivity (Wildman–Crippen MR) is 115 cm³/mol. The van der Waals surface area contributed by atoms with Crippen LogP contribution in [0.15, 0.2) is 41.8 Å². The van der Waals surface area contributed by atoms with E-state index in [1.54, 1.807) is 32.7 Å². The van der Waals surface area contributed by atoms with Gasteiger partial charge in [-0.25, -0.2) is 4.98 Å². The summed E-state index contributed by atoms with van der Waals surface area (Å²) in [6.07, 6.45) is 0.881. The molecule has 3 rings (SSSR count). The Balaban J connectivity index is 1.66. The van der Waals surface area contributed by atoms with Crippen molar-refractivity contribution in [2.45, 2.75) is 19.8 Å². The van der Waals surface area contributed by atoms with Crippen LogP contribution in [0.1, 0.15) is 17.0 Å². The van der Waals surface area contributed by atoms with E-state index in [0.717, 1.165) is 27.5 Å². The summed E-state index contributed by atoms with van der Waals surface area (Å²) in [5.41, 5.74) is 3.59. The Labute approximate surface area is 174 Å². The molecule has 2 aromatic carbocycles. The van der Waals surface area contributed by atoms with Gasteiger partial charge in [0.05, 0.1) is 32.0 Å². The number of aromatic nitrogens is 1. The monoisotopic (exact) mass is 412 g/mol. The van der Waals surface area contributed by atoms with Crippen molar-refractivity contribution in [2.75, 3.05) is 26.6 Å². The lowest BCUT2D eigenvalue weighted by Gasteiger charge is -2.14. The molecule has 0 aliphatic heterocycles. The lowest BCUT2D eigenvalue weighted by molar-refractivity contribution is -0.116. The number of thiazole rings is 1. The van der Waals surface area contributed by atoms with E-state index >= 15 is 0 Å². The Hall–Kier alpha value is -3.06. The first-order valence-electron chi connectivity index (χ1n) is 9.15. The van der Waals surface area contributed by atoms with Crippen molar-refractivity contribution < 1.29 is 19.0 Å². The number of anilines is 1. The maximum absolute atomic E-state index is 12.5. The van der Waals surface area contributed by atoms with Crippen molar-refractivity contribution in [3.63, 3.8) is 0 Å². The summed E-state index contributed by atoms with van der Waals surface area (Å²) in [6.45, 7) is 1.98. The normalized spacial score (nSPS) is 10.5. The van der Waals surface area contributed by atoms with Gasteiger partial charge in [-0.1, -0.05) is 12.1 Å². The fourth-order valence-electron chi connectivity index (χ4n) is 3.01. The SMILES string of the molecule is COc1cc(CCC(=O)Nc2cccc(-c3csc(C)n3)c2)cc(OC)c1OC. The Morgan fingerprint density at radius 2 is 1.79 bits per heavy atom. The largest absolute Gasteiger partial charge is 0.493 e. The van der Waals surface area contributed by atoms with Crippen molar-refractivity contribution >= 4 is 22.9 Å². The maximum atomic E-state index is 12.5. The van der Waals surface area contributed by atoms with Gasteiger partial charge in [0.2, 0.25) is 11.7 Å². The molecular weight excluding hydrogens is 388 g/mol. The Morgan fingerprint density at radius 3 is 2.38 bits per heavy atom. The quantitative estimate of drug-likeness (QED) is 0.580. The standard InChI is InChI=1S/C22H24N2O4S/c1-14-23-18(13-29-14)16-6-5-7-17(12-16)24-21(25)9-8-15-10-19(26-2)22(28-4)20(11-15)27-3/h5-7,10-13H,8-9H2,1-4H3,(H,24,25). The molecule has 0 saturated carbocycles. The van der Waals surface area contributed by atoms with Gasteiger partial charge in [-0.15, -0.1) is 11.3 Å². The van der Waals surface area contributed by atoms with Crippen LogP contribution in [0.2, 0.25) is 0 Å². The lowest BCUT2D eigenvalue weighted by atomic mass is 10.1. The number of rotatable bonds is 8. The van der Waals surface area contributed by atoms with E-state index in [1.165, 1.54) is 0 Å². The van der Waals surface area contributed by atoms with E-state index in [1.807, 2.05) is 48.7 Å². The van der Waals surface area contributed by atoms with Gasteiger partial charge < -0.3 is 19.5 Å². The number of benzene rings is 2. The Kier molecular flexibility index (Phi) is 6.72. The number of ether oxygens (including phenoxy) is 3. The van der Waals surface area contributed by atoms with Crippen molar-refractivity contribution in [3.8, 4) is 28.5 Å². The average Bonchev–Trinajstić information content (AvgIpc) is 3.18. The molecule has 152 valence electrons. The molecule has 1 amide bonds. The minimum absolute atomic E-state index is 0.0645. The third kappa shape index (κ3) is 5.06. The molecule has 0 atom stereocenters. The van der Waals surface area contributed by atoms with Crippen molar-refractivity contribution in [3.05, 3.63) is 52.3 Å². The zero-order valence-corrected chi connectivity index (χ0v) is 17.8. The highest BCUT2D eigenvalue weighted by Gasteiger charge is 2.14. The number of amides is 1. The molecule has 7 heteroatoms. The van der Waals surface area contributed by atoms with Gasteiger partial charge in [0.25, 0.3) is 0 Å². The first kappa shape index (κ1) is 20.7. The van der Waals surface area contributed by atoms with Gasteiger partial charge in [0.1, 0.15) is 0 Å². The highest BCUT2D eigenvalue weighted by molar-refractivity contribution is 7.09. The second kappa shape index (κ2) is 9.43. The average molecular weight is 413 g/mol. The fraction of sp³-hybridized carbons (Fsp3) is 0.273. The second-order valence-electron chi connectivity index (χ2n) is 6.41. The van der Waals surface area contributed by atoms with Crippen LogP contribution in [-0.4, -0.2) is 32.2 Å². The molecule has 0 saturated heterocycles. The summed E-state index contributed by atoms with van der Waals surface area (Å²) >= 11 is 1.61. The van der Waals surface area contributed by atoms with E-state index in [4.69, 9.17) is 14.2 Å². The zero-order chi connectivity index (χ0) is 20.8. The van der Waals surface area contributed by atoms with Crippen LogP contribution >= 0.6 is 11.3 Å². The summed E-state index contributed by atoms with van der Waals surface area (Å²) in [5.74, 6) is 1.63. The highest BCUT2D eigenvalue weighted by Crippen LogP contribution is 2.38. The molecule has 1 heterocycles. The maximum Gasteiger partial charge on any atom is 0.224 e. The third-order valence-electron chi connectivity index (χ3n) is 4.43. The van der Waals surface area contributed by atoms with Crippen LogP contribution in [0.25, 0.3) is 11.3 Å². The Bertz CT molecular complexity index is 975. The second-order valence-corrected chi connectivity index (χ2v) is 7.48. The number of nitrogens with zero attached hydrogens (tertiary/aromatic N) is 1. The number of aryl methyl sites for hydroxylation is 2. The molecule has 0 radical (unpaired) electrons. The summed E-state index contributed by atoms with van der Waals surface area (Å²) in [5, 5.41) is 5.99. The van der Waals surface area contributed by atoms with Crippen molar-refractivity contribution in [2.24, 2.45) is 0 Å². The van der Waals surface area contributed by atoms with Crippen LogP contribution in [0, 0.1) is 6.92 Å². The summed E-state index contributed by atoms with van der Waals surface area (Å²) in [7, 11) is 4.71. The van der Waals surface area contributed by atoms with E-state index in [2.05, 4.69) is 10.3 Å². The molecule has 6 nitrogen and oxygen atoms in total. The molecule has 29 heavy (non-hydrogen) atoms. The molecule has 3 aromatic rings. The van der Waals surface area contributed by atoms with Gasteiger partial charge in [0.15, 0.2) is 11.5 Å². The molecule has 0 spiro atoms. The van der Waals surface area contributed by atoms with Crippen molar-refractivity contribution in [1.29, 1.82) is 0 Å². The third-order valence-corrected chi connectivity index (χ3v) is 5.20. The van der Waals surface area contributed by atoms with E-state index in [0.29, 0.717) is 30.1 Å². The van der Waals surface area contributed by atoms with Gasteiger partial charge in [-0.05, 0) is 43.2 Å². The number of methoxy groups -OCH3 is 3. The number of hydrogen-bond donors (Lipinski definition) is 1. The van der Waals surface area contributed by atoms with E-state index < -0.39 is 0 Å². The molecule has 0 fully saturated rings. The lowest BCUT2D eigenvalue weighted by Crippen LogP contribution is -2.12. The minimum atomic E-state index is -0.0645. The van der Waals surface area contributed by atoms with E-state index in [-0.39, 0.29) is 5.91 Å². The van der Waals surface area contributed by atoms with Gasteiger partial charge in [-0.3, -0.25) is 4.79 Å². The van der Waals surface area contributed by atoms with Gasteiger partial charge in [0, 0.05) is 23.1 Å². The predicted octanol–water partition coefficient (Wildman–Crippen LogP) is 4.72. The molecular formula is C22H24N2O4S. The van der Waals surface area contributed by atoms with Crippen LogP contribution in [0.5, 0.6) is 17.2 Å². The molecule has 0 bridgehead atoms. The number of carbonyl (C=O) groups excluding carboxylic acids is 1. The van der Waals surface area contributed by atoms with Crippen LogP contribution in [0.4, 0.5) is 5.69 Å². The van der Waals surface area contributed by atoms with Crippen LogP contribution < -0.4 is 19.5 Å². The molecule has 0 unspecified atom stereocenters. The Morgan fingerprint density at radius 1 is 1.07 bits per heavy atom. The molecule has 0 aliphatic rings. The molecule has 1 N–H and O–H groups in total. The smallest absolute Gasteiger partial charge is 0.224 e.